The topological polar surface area (TPSA) is 42.4 Å². The van der Waals surface area contributed by atoms with E-state index < -0.39 is 0 Å². The number of aromatic nitrogens is 1. The molecule has 0 radical (unpaired) electrons. The number of benzene rings is 2. The van der Waals surface area contributed by atoms with Crippen molar-refractivity contribution in [2.45, 2.75) is 6.61 Å². The largest absolute Gasteiger partial charge is 0.508 e. The van der Waals surface area contributed by atoms with E-state index in [1.807, 2.05) is 24.3 Å². The van der Waals surface area contributed by atoms with Crippen LogP contribution < -0.4 is 4.74 Å². The van der Waals surface area contributed by atoms with Gasteiger partial charge in [-0.2, -0.15) is 0 Å². The molecule has 0 fully saturated rings. The first-order valence-electron chi connectivity index (χ1n) is 7.38. The Morgan fingerprint density at radius 1 is 0.783 bits per heavy atom. The quantitative estimate of drug-likeness (QED) is 0.752. The van der Waals surface area contributed by atoms with E-state index in [0.29, 0.717) is 6.61 Å². The summed E-state index contributed by atoms with van der Waals surface area (Å²) in [5, 5.41) is 9.24. The molecular weight excluding hydrogens is 286 g/mol. The second-order valence-electron chi connectivity index (χ2n) is 5.14. The predicted molar refractivity (Wildman–Crippen MR) is 92.0 cm³/mol. The Morgan fingerprint density at radius 2 is 1.39 bits per heavy atom. The van der Waals surface area contributed by atoms with Gasteiger partial charge in [-0.15, -0.1) is 0 Å². The van der Waals surface area contributed by atoms with Crippen molar-refractivity contribution in [1.82, 2.24) is 4.98 Å². The van der Waals surface area contributed by atoms with Crippen LogP contribution in [0, 0.1) is 0 Å². The van der Waals surface area contributed by atoms with Crippen LogP contribution in [0.1, 0.15) is 16.7 Å². The fourth-order valence-electron chi connectivity index (χ4n) is 2.10. The van der Waals surface area contributed by atoms with E-state index in [4.69, 9.17) is 4.74 Å². The molecular formula is C20H17NO2. The minimum atomic E-state index is 0.239. The zero-order chi connectivity index (χ0) is 15.9. The molecule has 0 aliphatic carbocycles. The fourth-order valence-corrected chi connectivity index (χ4v) is 2.10. The van der Waals surface area contributed by atoms with Crippen LogP contribution in [0.15, 0.2) is 73.1 Å². The molecule has 0 aliphatic rings. The van der Waals surface area contributed by atoms with Gasteiger partial charge >= 0.3 is 0 Å². The van der Waals surface area contributed by atoms with Gasteiger partial charge < -0.3 is 9.84 Å². The molecule has 0 saturated carbocycles. The van der Waals surface area contributed by atoms with Gasteiger partial charge in [0.25, 0.3) is 0 Å². The van der Waals surface area contributed by atoms with Gasteiger partial charge in [-0.3, -0.25) is 4.98 Å². The summed E-state index contributed by atoms with van der Waals surface area (Å²) in [4.78, 5) is 4.00. The van der Waals surface area contributed by atoms with Gasteiger partial charge in [0.15, 0.2) is 0 Å². The zero-order valence-electron chi connectivity index (χ0n) is 12.6. The summed E-state index contributed by atoms with van der Waals surface area (Å²) in [6.07, 6.45) is 7.69. The van der Waals surface area contributed by atoms with Crippen LogP contribution in [0.3, 0.4) is 0 Å². The van der Waals surface area contributed by atoms with Crippen molar-refractivity contribution in [3.63, 3.8) is 0 Å². The number of aromatic hydroxyl groups is 1. The smallest absolute Gasteiger partial charge is 0.120 e. The second-order valence-corrected chi connectivity index (χ2v) is 5.14. The molecule has 1 aromatic heterocycles. The third kappa shape index (κ3) is 4.45. The van der Waals surface area contributed by atoms with Crippen molar-refractivity contribution in [3.8, 4) is 11.5 Å². The lowest BCUT2D eigenvalue weighted by atomic mass is 10.1. The number of hydrogen-bond acceptors (Lipinski definition) is 3. The van der Waals surface area contributed by atoms with Crippen LogP contribution in [-0.4, -0.2) is 10.1 Å². The lowest BCUT2D eigenvalue weighted by Gasteiger charge is -2.06. The Bertz CT molecular complexity index is 763. The molecule has 3 nitrogen and oxygen atoms in total. The van der Waals surface area contributed by atoms with Crippen molar-refractivity contribution in [3.05, 3.63) is 89.7 Å². The van der Waals surface area contributed by atoms with E-state index in [0.717, 1.165) is 22.4 Å². The van der Waals surface area contributed by atoms with Crippen molar-refractivity contribution >= 4 is 12.2 Å². The maximum Gasteiger partial charge on any atom is 0.120 e. The van der Waals surface area contributed by atoms with Gasteiger partial charge in [-0.1, -0.05) is 36.4 Å². The van der Waals surface area contributed by atoms with Crippen molar-refractivity contribution in [2.24, 2.45) is 0 Å². The molecule has 3 heteroatoms. The molecule has 0 bridgehead atoms. The first-order valence-corrected chi connectivity index (χ1v) is 7.38. The molecule has 0 spiro atoms. The molecule has 23 heavy (non-hydrogen) atoms. The van der Waals surface area contributed by atoms with Gasteiger partial charge in [0.05, 0.1) is 0 Å². The first-order chi connectivity index (χ1) is 11.3. The van der Waals surface area contributed by atoms with Crippen LogP contribution in [-0.2, 0) is 6.61 Å². The molecule has 2 aromatic carbocycles. The normalized spacial score (nSPS) is 10.8. The summed E-state index contributed by atoms with van der Waals surface area (Å²) in [6.45, 7) is 0.499. The first kappa shape index (κ1) is 14.9. The van der Waals surface area contributed by atoms with Gasteiger partial charge in [0.1, 0.15) is 18.1 Å². The highest BCUT2D eigenvalue weighted by Crippen LogP contribution is 2.17. The van der Waals surface area contributed by atoms with Crippen molar-refractivity contribution in [1.29, 1.82) is 0 Å². The number of ether oxygens (including phenoxy) is 1. The molecule has 0 saturated heterocycles. The standard InChI is InChI=1S/C20H17NO2/c22-19-7-9-20(10-8-19)23-15-18-5-3-16(4-6-18)1-2-17-11-13-21-14-12-17/h1-14,22H,15H2. The van der Waals surface area contributed by atoms with E-state index in [2.05, 4.69) is 29.3 Å². The lowest BCUT2D eigenvalue weighted by Crippen LogP contribution is -1.94. The maximum atomic E-state index is 9.24. The Kier molecular flexibility index (Phi) is 4.69. The Morgan fingerprint density at radius 3 is 2.04 bits per heavy atom. The minimum absolute atomic E-state index is 0.239. The van der Waals surface area contributed by atoms with Crippen LogP contribution in [0.5, 0.6) is 11.5 Å². The Balaban J connectivity index is 1.58. The van der Waals surface area contributed by atoms with Gasteiger partial charge in [-0.25, -0.2) is 0 Å². The maximum absolute atomic E-state index is 9.24. The van der Waals surface area contributed by atoms with E-state index in [1.54, 1.807) is 36.7 Å². The summed E-state index contributed by atoms with van der Waals surface area (Å²) >= 11 is 0. The number of nitrogens with zero attached hydrogens (tertiary/aromatic N) is 1. The highest BCUT2D eigenvalue weighted by Gasteiger charge is 1.97. The Labute approximate surface area is 135 Å². The SMILES string of the molecule is Oc1ccc(OCc2ccc(C=Cc3ccncc3)cc2)cc1. The highest BCUT2D eigenvalue weighted by atomic mass is 16.5. The van der Waals surface area contributed by atoms with Crippen LogP contribution in [0.4, 0.5) is 0 Å². The molecule has 1 N–H and O–H groups in total. The molecule has 114 valence electrons. The monoisotopic (exact) mass is 303 g/mol. The van der Waals surface area contributed by atoms with Gasteiger partial charge in [0, 0.05) is 12.4 Å². The molecule has 0 aliphatic heterocycles. The lowest BCUT2D eigenvalue weighted by molar-refractivity contribution is 0.305. The fraction of sp³-hybridized carbons (Fsp3) is 0.0500. The highest BCUT2D eigenvalue weighted by molar-refractivity contribution is 5.69. The summed E-state index contributed by atoms with van der Waals surface area (Å²) in [7, 11) is 0. The van der Waals surface area contributed by atoms with Crippen LogP contribution in [0.2, 0.25) is 0 Å². The average Bonchev–Trinajstić information content (AvgIpc) is 2.61. The molecule has 0 atom stereocenters. The van der Waals surface area contributed by atoms with E-state index in [1.165, 1.54) is 0 Å². The zero-order valence-corrected chi connectivity index (χ0v) is 12.6. The summed E-state index contributed by atoms with van der Waals surface area (Å²) in [5.41, 5.74) is 3.36. The van der Waals surface area contributed by atoms with Gasteiger partial charge in [0.2, 0.25) is 0 Å². The summed E-state index contributed by atoms with van der Waals surface area (Å²) in [6, 6.07) is 18.9. The van der Waals surface area contributed by atoms with E-state index in [9.17, 15) is 5.11 Å². The number of pyridine rings is 1. The number of rotatable bonds is 5. The van der Waals surface area contributed by atoms with Crippen molar-refractivity contribution in [2.75, 3.05) is 0 Å². The van der Waals surface area contributed by atoms with Gasteiger partial charge in [-0.05, 0) is 53.1 Å². The molecule has 0 unspecified atom stereocenters. The van der Waals surface area contributed by atoms with E-state index >= 15 is 0 Å². The third-order valence-corrected chi connectivity index (χ3v) is 3.40. The number of phenolic OH excluding ortho intramolecular Hbond substituents is 1. The number of phenols is 1. The molecule has 3 rings (SSSR count). The summed E-state index contributed by atoms with van der Waals surface area (Å²) in [5.74, 6) is 0.979. The number of hydrogen-bond donors (Lipinski definition) is 1. The molecule has 0 amide bonds. The van der Waals surface area contributed by atoms with Crippen LogP contribution >= 0.6 is 0 Å². The predicted octanol–water partition coefficient (Wildman–Crippen LogP) is 4.54. The molecule has 3 aromatic rings. The van der Waals surface area contributed by atoms with Crippen molar-refractivity contribution < 1.29 is 9.84 Å². The Hall–Kier alpha value is -3.07. The van der Waals surface area contributed by atoms with Crippen LogP contribution in [0.25, 0.3) is 12.2 Å². The summed E-state index contributed by atoms with van der Waals surface area (Å²) < 4.78 is 5.68. The second kappa shape index (κ2) is 7.27. The third-order valence-electron chi connectivity index (χ3n) is 3.40. The van der Waals surface area contributed by atoms with E-state index in [-0.39, 0.29) is 5.75 Å². The minimum Gasteiger partial charge on any atom is -0.508 e. The molecule has 1 heterocycles. The average molecular weight is 303 g/mol.